The Kier molecular flexibility index (Phi) is 7.61. The summed E-state index contributed by atoms with van der Waals surface area (Å²) in [6.07, 6.45) is 3.51. The van der Waals surface area contributed by atoms with Gasteiger partial charge in [0.25, 0.3) is 5.91 Å². The number of rotatable bonds is 6. The van der Waals surface area contributed by atoms with E-state index in [9.17, 15) is 14.4 Å². The molecule has 0 spiro atoms. The zero-order chi connectivity index (χ0) is 28.3. The van der Waals surface area contributed by atoms with Crippen molar-refractivity contribution in [3.63, 3.8) is 0 Å². The number of pyridine rings is 1. The number of aromatic nitrogens is 2. The first-order valence-electron chi connectivity index (χ1n) is 12.8. The van der Waals surface area contributed by atoms with Crippen LogP contribution in [0.2, 0.25) is 0 Å². The lowest BCUT2D eigenvalue weighted by Gasteiger charge is -2.39. The molecule has 0 unspecified atom stereocenters. The van der Waals surface area contributed by atoms with Gasteiger partial charge in [-0.25, -0.2) is 9.78 Å². The van der Waals surface area contributed by atoms with E-state index >= 15 is 0 Å². The van der Waals surface area contributed by atoms with Crippen molar-refractivity contribution in [2.45, 2.75) is 38.8 Å². The Balaban J connectivity index is 1.19. The topological polar surface area (TPSA) is 114 Å². The minimum absolute atomic E-state index is 0.247. The first-order chi connectivity index (χ1) is 19.2. The third kappa shape index (κ3) is 6.35. The quantitative estimate of drug-likeness (QED) is 0.298. The van der Waals surface area contributed by atoms with Crippen molar-refractivity contribution < 1.29 is 19.1 Å². The molecule has 204 valence electrons. The van der Waals surface area contributed by atoms with E-state index in [1.165, 1.54) is 11.3 Å². The summed E-state index contributed by atoms with van der Waals surface area (Å²) in [7, 11) is 0. The summed E-state index contributed by atoms with van der Waals surface area (Å²) in [6.45, 7) is 5.83. The highest BCUT2D eigenvalue weighted by Gasteiger charge is 2.38. The number of anilines is 2. The molecule has 1 atom stereocenters. The van der Waals surface area contributed by atoms with Gasteiger partial charge in [0.15, 0.2) is 5.13 Å². The Labute approximate surface area is 236 Å². The molecular weight excluding hydrogens is 526 g/mol. The number of nitrogens with one attached hydrogen (secondary N) is 2. The summed E-state index contributed by atoms with van der Waals surface area (Å²) in [5.41, 5.74) is 4.14. The highest BCUT2D eigenvalue weighted by Crippen LogP contribution is 2.30. The number of hydrogen-bond acceptors (Lipinski definition) is 7. The Morgan fingerprint density at radius 3 is 2.35 bits per heavy atom. The fourth-order valence-electron chi connectivity index (χ4n) is 4.24. The molecule has 4 aromatic rings. The Bertz CT molecular complexity index is 1530. The Hall–Kier alpha value is -4.57. The number of carbonyl (C=O) groups is 3. The predicted octanol–water partition coefficient (Wildman–Crippen LogP) is 6.07. The minimum Gasteiger partial charge on any atom is -0.444 e. The molecule has 0 aliphatic carbocycles. The van der Waals surface area contributed by atoms with Crippen LogP contribution in [0.5, 0.6) is 0 Å². The van der Waals surface area contributed by atoms with Crippen LogP contribution in [0.3, 0.4) is 0 Å². The summed E-state index contributed by atoms with van der Waals surface area (Å²) >= 11 is 1.34. The van der Waals surface area contributed by atoms with E-state index in [4.69, 9.17) is 4.74 Å². The predicted molar refractivity (Wildman–Crippen MR) is 155 cm³/mol. The van der Waals surface area contributed by atoms with Crippen LogP contribution in [0.1, 0.15) is 37.6 Å². The molecule has 1 fully saturated rings. The molecule has 0 saturated carbocycles. The van der Waals surface area contributed by atoms with Crippen molar-refractivity contribution in [1.29, 1.82) is 0 Å². The van der Waals surface area contributed by atoms with Crippen LogP contribution >= 0.6 is 11.3 Å². The van der Waals surface area contributed by atoms with Crippen molar-refractivity contribution in [3.8, 4) is 22.4 Å². The van der Waals surface area contributed by atoms with Crippen molar-refractivity contribution in [3.05, 3.63) is 84.0 Å². The number of likely N-dealkylation sites (tertiary alicyclic amines) is 1. The maximum Gasteiger partial charge on any atom is 0.412 e. The molecule has 9 nitrogen and oxygen atoms in total. The highest BCUT2D eigenvalue weighted by molar-refractivity contribution is 7.14. The standard InChI is InChI=1S/C30H29N5O4S/c1-30(2,3)39-29(38)32-23-9-7-20(8-10-23)27(37)35-16-13-25(35)26(36)34-28-33-24(18-40-28)22-6-4-5-21(17-22)19-11-14-31-15-12-19/h4-12,14-15,17-18,25H,13,16H2,1-3H3,(H,32,38)(H,33,34,36)/t25-/m1/s1. The fourth-order valence-corrected chi connectivity index (χ4v) is 4.96. The number of thiazole rings is 1. The molecule has 1 saturated heterocycles. The smallest absolute Gasteiger partial charge is 0.412 e. The van der Waals surface area contributed by atoms with Gasteiger partial charge >= 0.3 is 6.09 Å². The lowest BCUT2D eigenvalue weighted by molar-refractivity contribution is -0.123. The first-order valence-corrected chi connectivity index (χ1v) is 13.7. The maximum atomic E-state index is 13.1. The molecular formula is C30H29N5O4S. The molecule has 5 rings (SSSR count). The normalized spacial score (nSPS) is 14.7. The number of ether oxygens (including phenoxy) is 1. The average Bonchev–Trinajstić information content (AvgIpc) is 3.36. The van der Waals surface area contributed by atoms with Crippen molar-refractivity contribution in [1.82, 2.24) is 14.9 Å². The van der Waals surface area contributed by atoms with Crippen LogP contribution in [-0.4, -0.2) is 51.0 Å². The van der Waals surface area contributed by atoms with Crippen molar-refractivity contribution >= 4 is 40.1 Å². The summed E-state index contributed by atoms with van der Waals surface area (Å²) < 4.78 is 5.25. The summed E-state index contributed by atoms with van der Waals surface area (Å²) in [5, 5.41) is 7.89. The van der Waals surface area contributed by atoms with Crippen LogP contribution in [0.4, 0.5) is 15.6 Å². The van der Waals surface area contributed by atoms with E-state index in [2.05, 4.69) is 26.7 Å². The monoisotopic (exact) mass is 555 g/mol. The van der Waals surface area contributed by atoms with Crippen LogP contribution in [-0.2, 0) is 9.53 Å². The zero-order valence-electron chi connectivity index (χ0n) is 22.4. The molecule has 2 N–H and O–H groups in total. The second-order valence-corrected chi connectivity index (χ2v) is 11.2. The molecule has 1 aliphatic rings. The molecule has 3 heterocycles. The molecule has 2 aromatic heterocycles. The summed E-state index contributed by atoms with van der Waals surface area (Å²) in [5.74, 6) is -0.516. The number of carbonyl (C=O) groups excluding carboxylic acids is 3. The SMILES string of the molecule is CC(C)(C)OC(=O)Nc1ccc(C(=O)N2CC[C@@H]2C(=O)Nc2nc(-c3cccc(-c4ccncc4)c3)cs2)cc1. The fraction of sp³-hybridized carbons (Fsp3) is 0.233. The van der Waals surface area contributed by atoms with E-state index in [1.807, 2.05) is 35.7 Å². The van der Waals surface area contributed by atoms with Crippen LogP contribution in [0.25, 0.3) is 22.4 Å². The van der Waals surface area contributed by atoms with Gasteiger partial charge in [-0.15, -0.1) is 11.3 Å². The lowest BCUT2D eigenvalue weighted by Crippen LogP contribution is -2.56. The van der Waals surface area contributed by atoms with Crippen LogP contribution in [0.15, 0.2) is 78.4 Å². The zero-order valence-corrected chi connectivity index (χ0v) is 23.2. The number of benzene rings is 2. The van der Waals surface area contributed by atoms with Gasteiger partial charge in [-0.05, 0) is 80.8 Å². The van der Waals surface area contributed by atoms with Gasteiger partial charge in [-0.3, -0.25) is 19.9 Å². The largest absolute Gasteiger partial charge is 0.444 e. The third-order valence-electron chi connectivity index (χ3n) is 6.27. The minimum atomic E-state index is -0.612. The molecule has 0 radical (unpaired) electrons. The summed E-state index contributed by atoms with van der Waals surface area (Å²) in [4.78, 5) is 48.3. The van der Waals surface area contributed by atoms with E-state index in [-0.39, 0.29) is 11.8 Å². The molecule has 2 aromatic carbocycles. The average molecular weight is 556 g/mol. The number of hydrogen-bond donors (Lipinski definition) is 2. The van der Waals surface area contributed by atoms with Gasteiger partial charge in [-0.2, -0.15) is 0 Å². The van der Waals surface area contributed by atoms with Gasteiger partial charge in [-0.1, -0.05) is 18.2 Å². The van der Waals surface area contributed by atoms with Crippen molar-refractivity contribution in [2.75, 3.05) is 17.2 Å². The second-order valence-electron chi connectivity index (χ2n) is 10.4. The van der Waals surface area contributed by atoms with Crippen LogP contribution in [0, 0.1) is 0 Å². The number of nitrogens with zero attached hydrogens (tertiary/aromatic N) is 3. The van der Waals surface area contributed by atoms with Gasteiger partial charge in [0.1, 0.15) is 11.6 Å². The summed E-state index contributed by atoms with van der Waals surface area (Å²) in [6, 6.07) is 17.9. The first kappa shape index (κ1) is 27.0. The maximum absolute atomic E-state index is 13.1. The van der Waals surface area contributed by atoms with Gasteiger partial charge in [0.2, 0.25) is 5.91 Å². The van der Waals surface area contributed by atoms with Crippen LogP contribution < -0.4 is 10.6 Å². The van der Waals surface area contributed by atoms with Gasteiger partial charge in [0.05, 0.1) is 5.69 Å². The van der Waals surface area contributed by atoms with Gasteiger partial charge in [0, 0.05) is 41.1 Å². The number of amides is 3. The van der Waals surface area contributed by atoms with E-state index in [0.29, 0.717) is 29.3 Å². The van der Waals surface area contributed by atoms with E-state index in [1.54, 1.807) is 62.3 Å². The second kappa shape index (κ2) is 11.3. The van der Waals surface area contributed by atoms with Gasteiger partial charge < -0.3 is 15.0 Å². The van der Waals surface area contributed by atoms with Crippen molar-refractivity contribution in [2.24, 2.45) is 0 Å². The Morgan fingerprint density at radius 1 is 0.950 bits per heavy atom. The molecule has 3 amide bonds. The molecule has 1 aliphatic heterocycles. The third-order valence-corrected chi connectivity index (χ3v) is 7.02. The van der Waals surface area contributed by atoms with E-state index < -0.39 is 17.7 Å². The Morgan fingerprint density at radius 2 is 1.68 bits per heavy atom. The molecule has 40 heavy (non-hydrogen) atoms. The van der Waals surface area contributed by atoms with E-state index in [0.717, 1.165) is 22.4 Å². The molecule has 0 bridgehead atoms. The molecule has 10 heteroatoms. The lowest BCUT2D eigenvalue weighted by atomic mass is 10.00. The highest BCUT2D eigenvalue weighted by atomic mass is 32.1.